The van der Waals surface area contributed by atoms with Crippen molar-refractivity contribution in [2.75, 3.05) is 17.7 Å². The Morgan fingerprint density at radius 3 is 2.65 bits per heavy atom. The molecule has 0 aliphatic heterocycles. The first-order valence-electron chi connectivity index (χ1n) is 6.65. The smallest absolute Gasteiger partial charge is 0.274 e. The molecule has 2 N–H and O–H groups in total. The van der Waals surface area contributed by atoms with E-state index in [1.165, 1.54) is 5.56 Å². The lowest BCUT2D eigenvalue weighted by molar-refractivity contribution is 0.102. The van der Waals surface area contributed by atoms with Crippen molar-refractivity contribution in [3.05, 3.63) is 53.9 Å². The van der Waals surface area contributed by atoms with Gasteiger partial charge in [0.15, 0.2) is 0 Å². The molecule has 0 aliphatic rings. The molecular formula is C16H19N3O. The van der Waals surface area contributed by atoms with Crippen LogP contribution < -0.4 is 10.6 Å². The van der Waals surface area contributed by atoms with Gasteiger partial charge < -0.3 is 10.6 Å². The lowest BCUT2D eigenvalue weighted by Gasteiger charge is -2.09. The first-order valence-corrected chi connectivity index (χ1v) is 6.65. The van der Waals surface area contributed by atoms with Gasteiger partial charge in [-0.1, -0.05) is 26.0 Å². The van der Waals surface area contributed by atoms with Crippen LogP contribution in [0.1, 0.15) is 35.8 Å². The van der Waals surface area contributed by atoms with Crippen molar-refractivity contribution < 1.29 is 4.79 Å². The summed E-state index contributed by atoms with van der Waals surface area (Å²) in [7, 11) is 1.81. The summed E-state index contributed by atoms with van der Waals surface area (Å²) in [6, 6.07) is 11.4. The van der Waals surface area contributed by atoms with Gasteiger partial charge in [0, 0.05) is 24.6 Å². The van der Waals surface area contributed by atoms with E-state index in [-0.39, 0.29) is 5.91 Å². The van der Waals surface area contributed by atoms with Crippen molar-refractivity contribution in [2.45, 2.75) is 19.8 Å². The average Bonchev–Trinajstić information content (AvgIpc) is 2.47. The molecule has 0 fully saturated rings. The van der Waals surface area contributed by atoms with Gasteiger partial charge in [-0.2, -0.15) is 0 Å². The van der Waals surface area contributed by atoms with Crippen LogP contribution in [0.2, 0.25) is 0 Å². The van der Waals surface area contributed by atoms with Crippen LogP contribution in [0.5, 0.6) is 0 Å². The van der Waals surface area contributed by atoms with Crippen LogP contribution in [0.25, 0.3) is 0 Å². The highest BCUT2D eigenvalue weighted by Crippen LogP contribution is 2.19. The maximum atomic E-state index is 12.2. The standard InChI is InChI=1S/C16H19N3O/c1-11(2)12-5-4-6-14(9-12)19-16(20)15-10-13(17-3)7-8-18-15/h4-11H,1-3H3,(H,17,18)(H,19,20). The molecule has 0 spiro atoms. The number of hydrogen-bond acceptors (Lipinski definition) is 3. The van der Waals surface area contributed by atoms with Crippen LogP contribution in [-0.2, 0) is 0 Å². The molecule has 0 radical (unpaired) electrons. The Morgan fingerprint density at radius 2 is 1.95 bits per heavy atom. The molecule has 2 rings (SSSR count). The van der Waals surface area contributed by atoms with Gasteiger partial charge in [-0.15, -0.1) is 0 Å². The quantitative estimate of drug-likeness (QED) is 0.893. The molecular weight excluding hydrogens is 250 g/mol. The van der Waals surface area contributed by atoms with Gasteiger partial charge >= 0.3 is 0 Å². The maximum absolute atomic E-state index is 12.2. The zero-order chi connectivity index (χ0) is 14.5. The lowest BCUT2D eigenvalue weighted by atomic mass is 10.0. The molecule has 0 unspecified atom stereocenters. The van der Waals surface area contributed by atoms with E-state index in [2.05, 4.69) is 35.5 Å². The van der Waals surface area contributed by atoms with Crippen molar-refractivity contribution >= 4 is 17.3 Å². The number of carbonyl (C=O) groups excluding carboxylic acids is 1. The Labute approximate surface area is 119 Å². The predicted molar refractivity (Wildman–Crippen MR) is 82.3 cm³/mol. The molecule has 0 saturated carbocycles. The van der Waals surface area contributed by atoms with Crippen LogP contribution in [0, 0.1) is 0 Å². The fourth-order valence-electron chi connectivity index (χ4n) is 1.88. The Morgan fingerprint density at radius 1 is 1.15 bits per heavy atom. The molecule has 4 heteroatoms. The second-order valence-corrected chi connectivity index (χ2v) is 4.91. The second kappa shape index (κ2) is 6.19. The molecule has 1 amide bonds. The summed E-state index contributed by atoms with van der Waals surface area (Å²) in [6.07, 6.45) is 1.62. The van der Waals surface area contributed by atoms with Crippen LogP contribution >= 0.6 is 0 Å². The van der Waals surface area contributed by atoms with Crippen molar-refractivity contribution in [2.24, 2.45) is 0 Å². The minimum absolute atomic E-state index is 0.206. The molecule has 0 atom stereocenters. The highest BCUT2D eigenvalue weighted by Gasteiger charge is 2.09. The number of nitrogens with one attached hydrogen (secondary N) is 2. The molecule has 0 saturated heterocycles. The number of rotatable bonds is 4. The molecule has 20 heavy (non-hydrogen) atoms. The first-order chi connectivity index (χ1) is 9.60. The summed E-state index contributed by atoms with van der Waals surface area (Å²) in [5, 5.41) is 5.87. The summed E-state index contributed by atoms with van der Waals surface area (Å²) in [5.74, 6) is 0.223. The van der Waals surface area contributed by atoms with Gasteiger partial charge in [-0.25, -0.2) is 0 Å². The third-order valence-corrected chi connectivity index (χ3v) is 3.09. The fraction of sp³-hybridized carbons (Fsp3) is 0.250. The van der Waals surface area contributed by atoms with Crippen molar-refractivity contribution in [1.29, 1.82) is 0 Å². The van der Waals surface area contributed by atoms with Crippen molar-refractivity contribution in [1.82, 2.24) is 4.98 Å². The van der Waals surface area contributed by atoms with Crippen LogP contribution in [-0.4, -0.2) is 17.9 Å². The Kier molecular flexibility index (Phi) is 4.35. The number of aromatic nitrogens is 1. The summed E-state index contributed by atoms with van der Waals surface area (Å²) in [6.45, 7) is 4.25. The number of benzene rings is 1. The Hall–Kier alpha value is -2.36. The van der Waals surface area contributed by atoms with Gasteiger partial charge in [0.05, 0.1) is 0 Å². The molecule has 104 valence electrons. The van der Waals surface area contributed by atoms with Crippen molar-refractivity contribution in [3.63, 3.8) is 0 Å². The number of amides is 1. The maximum Gasteiger partial charge on any atom is 0.274 e. The molecule has 1 aromatic heterocycles. The molecule has 0 bridgehead atoms. The van der Waals surface area contributed by atoms with Crippen LogP contribution in [0.15, 0.2) is 42.6 Å². The minimum atomic E-state index is -0.206. The van der Waals surface area contributed by atoms with Gasteiger partial charge in [-0.3, -0.25) is 9.78 Å². The van der Waals surface area contributed by atoms with E-state index in [0.29, 0.717) is 11.6 Å². The Balaban J connectivity index is 2.16. The largest absolute Gasteiger partial charge is 0.388 e. The third-order valence-electron chi connectivity index (χ3n) is 3.09. The van der Waals surface area contributed by atoms with Gasteiger partial charge in [-0.05, 0) is 35.7 Å². The fourth-order valence-corrected chi connectivity index (χ4v) is 1.88. The minimum Gasteiger partial charge on any atom is -0.388 e. The number of anilines is 2. The SMILES string of the molecule is CNc1ccnc(C(=O)Nc2cccc(C(C)C)c2)c1. The summed E-state index contributed by atoms with van der Waals surface area (Å²) in [5.41, 5.74) is 3.24. The topological polar surface area (TPSA) is 54.0 Å². The first kappa shape index (κ1) is 14.1. The number of carbonyl (C=O) groups is 1. The molecule has 4 nitrogen and oxygen atoms in total. The van der Waals surface area contributed by atoms with Crippen LogP contribution in [0.3, 0.4) is 0 Å². The summed E-state index contributed by atoms with van der Waals surface area (Å²) >= 11 is 0. The average molecular weight is 269 g/mol. The summed E-state index contributed by atoms with van der Waals surface area (Å²) < 4.78 is 0. The van der Waals surface area contributed by atoms with E-state index in [1.807, 2.05) is 31.3 Å². The van der Waals surface area contributed by atoms with Crippen LogP contribution in [0.4, 0.5) is 11.4 Å². The highest BCUT2D eigenvalue weighted by molar-refractivity contribution is 6.03. The molecule has 1 aromatic carbocycles. The highest BCUT2D eigenvalue weighted by atomic mass is 16.1. The van der Waals surface area contributed by atoms with E-state index >= 15 is 0 Å². The lowest BCUT2D eigenvalue weighted by Crippen LogP contribution is -2.14. The number of pyridine rings is 1. The van der Waals surface area contributed by atoms with E-state index < -0.39 is 0 Å². The summed E-state index contributed by atoms with van der Waals surface area (Å²) in [4.78, 5) is 16.3. The number of hydrogen-bond donors (Lipinski definition) is 2. The van der Waals surface area contributed by atoms with Gasteiger partial charge in [0.1, 0.15) is 5.69 Å². The molecule has 2 aromatic rings. The van der Waals surface area contributed by atoms with E-state index in [1.54, 1.807) is 12.3 Å². The van der Waals surface area contributed by atoms with E-state index in [0.717, 1.165) is 11.4 Å². The van der Waals surface area contributed by atoms with E-state index in [9.17, 15) is 4.79 Å². The van der Waals surface area contributed by atoms with Gasteiger partial charge in [0.25, 0.3) is 5.91 Å². The second-order valence-electron chi connectivity index (χ2n) is 4.91. The van der Waals surface area contributed by atoms with Gasteiger partial charge in [0.2, 0.25) is 0 Å². The third kappa shape index (κ3) is 3.35. The Bertz CT molecular complexity index is 608. The predicted octanol–water partition coefficient (Wildman–Crippen LogP) is 3.50. The normalized spacial score (nSPS) is 10.4. The zero-order valence-corrected chi connectivity index (χ0v) is 12.0. The monoisotopic (exact) mass is 269 g/mol. The van der Waals surface area contributed by atoms with Crippen molar-refractivity contribution in [3.8, 4) is 0 Å². The molecule has 1 heterocycles. The van der Waals surface area contributed by atoms with E-state index in [4.69, 9.17) is 0 Å². The molecule has 0 aliphatic carbocycles. The number of nitrogens with zero attached hydrogens (tertiary/aromatic N) is 1. The zero-order valence-electron chi connectivity index (χ0n) is 12.0.